The van der Waals surface area contributed by atoms with Gasteiger partial charge in [-0.3, -0.25) is 4.79 Å². The van der Waals surface area contributed by atoms with Crippen molar-refractivity contribution >= 4 is 15.9 Å². The number of alkyl halides is 3. The van der Waals surface area contributed by atoms with E-state index in [0.717, 1.165) is 23.5 Å². The van der Waals surface area contributed by atoms with Gasteiger partial charge in [-0.1, -0.05) is 0 Å². The molecule has 0 unspecified atom stereocenters. The molecule has 1 aromatic heterocycles. The van der Waals surface area contributed by atoms with Crippen LogP contribution in [0.4, 0.5) is 13.2 Å². The zero-order chi connectivity index (χ0) is 19.5. The number of sulfonamides is 1. The molecule has 1 amide bonds. The van der Waals surface area contributed by atoms with E-state index in [-0.39, 0.29) is 17.0 Å². The topological polar surface area (TPSA) is 80.2 Å². The summed E-state index contributed by atoms with van der Waals surface area (Å²) < 4.78 is 65.2. The Balaban J connectivity index is 2.04. The minimum atomic E-state index is -4.52. The molecule has 0 aliphatic carbocycles. The van der Waals surface area contributed by atoms with Crippen molar-refractivity contribution in [3.8, 4) is 0 Å². The molecule has 0 radical (unpaired) electrons. The second-order valence-corrected chi connectivity index (χ2v) is 7.44. The molecule has 0 saturated heterocycles. The van der Waals surface area contributed by atoms with E-state index in [1.165, 1.54) is 12.1 Å². The summed E-state index contributed by atoms with van der Waals surface area (Å²) >= 11 is 0. The van der Waals surface area contributed by atoms with Crippen LogP contribution in [0.15, 0.2) is 41.3 Å². The van der Waals surface area contributed by atoms with Gasteiger partial charge in [0.05, 0.1) is 11.4 Å². The molecule has 1 heterocycles. The fourth-order valence-corrected chi connectivity index (χ4v) is 3.16. The van der Waals surface area contributed by atoms with Crippen LogP contribution in [0.5, 0.6) is 0 Å². The Morgan fingerprint density at radius 2 is 1.73 bits per heavy atom. The van der Waals surface area contributed by atoms with Crippen LogP contribution in [-0.4, -0.2) is 31.6 Å². The lowest BCUT2D eigenvalue weighted by molar-refractivity contribution is -0.123. The SMILES string of the molecule is Cc1ccc(CNS(=O)(=O)c2ccc(C(=O)NCC(F)(F)F)cc2)n1C. The first-order chi connectivity index (χ1) is 12.0. The standard InChI is InChI=1S/C16H18F3N3O3S/c1-11-3-6-13(22(11)2)9-21-26(24,25)14-7-4-12(5-8-14)15(23)20-10-16(17,18)19/h3-8,21H,9-10H2,1-2H3,(H,20,23). The number of rotatable bonds is 6. The van der Waals surface area contributed by atoms with Gasteiger partial charge in [0.1, 0.15) is 6.54 Å². The van der Waals surface area contributed by atoms with E-state index >= 15 is 0 Å². The number of hydrogen-bond donors (Lipinski definition) is 2. The number of benzene rings is 1. The molecule has 0 atom stereocenters. The number of nitrogens with zero attached hydrogens (tertiary/aromatic N) is 1. The molecule has 0 spiro atoms. The highest BCUT2D eigenvalue weighted by atomic mass is 32.2. The normalized spacial score (nSPS) is 12.2. The fourth-order valence-electron chi connectivity index (χ4n) is 2.16. The summed E-state index contributed by atoms with van der Waals surface area (Å²) in [4.78, 5) is 11.5. The van der Waals surface area contributed by atoms with Crippen LogP contribution in [0.1, 0.15) is 21.7 Å². The van der Waals surface area contributed by atoms with Crippen molar-refractivity contribution in [3.63, 3.8) is 0 Å². The number of carbonyl (C=O) groups excluding carboxylic acids is 1. The number of amides is 1. The number of carbonyl (C=O) groups is 1. The average molecular weight is 389 g/mol. The molecule has 2 rings (SSSR count). The molecule has 0 aliphatic heterocycles. The molecule has 2 aromatic rings. The third-order valence-corrected chi connectivity index (χ3v) is 5.21. The van der Waals surface area contributed by atoms with E-state index in [0.29, 0.717) is 0 Å². The van der Waals surface area contributed by atoms with Crippen molar-refractivity contribution in [1.29, 1.82) is 0 Å². The van der Waals surface area contributed by atoms with Gasteiger partial charge in [0.2, 0.25) is 10.0 Å². The number of halogens is 3. The fraction of sp³-hybridized carbons (Fsp3) is 0.312. The Bertz CT molecular complexity index is 888. The highest BCUT2D eigenvalue weighted by Crippen LogP contribution is 2.14. The molecule has 26 heavy (non-hydrogen) atoms. The van der Waals surface area contributed by atoms with E-state index in [9.17, 15) is 26.4 Å². The summed E-state index contributed by atoms with van der Waals surface area (Å²) in [6.45, 7) is 0.518. The molecule has 0 saturated carbocycles. The Morgan fingerprint density at radius 1 is 1.12 bits per heavy atom. The summed E-state index contributed by atoms with van der Waals surface area (Å²) in [6, 6.07) is 8.31. The Morgan fingerprint density at radius 3 is 2.23 bits per heavy atom. The highest BCUT2D eigenvalue weighted by Gasteiger charge is 2.28. The van der Waals surface area contributed by atoms with E-state index in [1.54, 1.807) is 11.4 Å². The summed E-state index contributed by atoms with van der Waals surface area (Å²) in [7, 11) is -2.01. The van der Waals surface area contributed by atoms with Crippen LogP contribution in [0.25, 0.3) is 0 Å². The first-order valence-corrected chi connectivity index (χ1v) is 9.04. The smallest absolute Gasteiger partial charge is 0.351 e. The quantitative estimate of drug-likeness (QED) is 0.794. The molecular weight excluding hydrogens is 371 g/mol. The number of aromatic nitrogens is 1. The summed E-state index contributed by atoms with van der Waals surface area (Å²) in [5.74, 6) is -0.932. The maximum absolute atomic E-state index is 12.3. The maximum Gasteiger partial charge on any atom is 0.405 e. The highest BCUT2D eigenvalue weighted by molar-refractivity contribution is 7.89. The van der Waals surface area contributed by atoms with Crippen LogP contribution in [0, 0.1) is 6.92 Å². The predicted molar refractivity (Wildman–Crippen MR) is 89.0 cm³/mol. The molecular formula is C16H18F3N3O3S. The van der Waals surface area contributed by atoms with Gasteiger partial charge in [-0.05, 0) is 43.3 Å². The number of hydrogen-bond acceptors (Lipinski definition) is 3. The van der Waals surface area contributed by atoms with Gasteiger partial charge in [-0.25, -0.2) is 13.1 Å². The van der Waals surface area contributed by atoms with Crippen LogP contribution in [0.2, 0.25) is 0 Å². The van der Waals surface area contributed by atoms with Gasteiger partial charge in [0.25, 0.3) is 5.91 Å². The Labute approximate surface area is 149 Å². The predicted octanol–water partition coefficient (Wildman–Crippen LogP) is 2.10. The van der Waals surface area contributed by atoms with E-state index in [2.05, 4.69) is 4.72 Å². The lowest BCUT2D eigenvalue weighted by Gasteiger charge is -2.10. The first kappa shape index (κ1) is 20.0. The lowest BCUT2D eigenvalue weighted by atomic mass is 10.2. The molecule has 6 nitrogen and oxygen atoms in total. The van der Waals surface area contributed by atoms with Gasteiger partial charge in [0.15, 0.2) is 0 Å². The van der Waals surface area contributed by atoms with Crippen molar-refractivity contribution in [2.45, 2.75) is 24.5 Å². The van der Waals surface area contributed by atoms with Gasteiger partial charge in [-0.15, -0.1) is 0 Å². The molecule has 142 valence electrons. The summed E-state index contributed by atoms with van der Waals surface area (Å²) in [6.07, 6.45) is -4.52. The van der Waals surface area contributed by atoms with Crippen molar-refractivity contribution in [3.05, 3.63) is 53.3 Å². The van der Waals surface area contributed by atoms with Crippen LogP contribution in [-0.2, 0) is 23.6 Å². The molecule has 10 heteroatoms. The lowest BCUT2D eigenvalue weighted by Crippen LogP contribution is -2.33. The van der Waals surface area contributed by atoms with Crippen molar-refractivity contribution in [1.82, 2.24) is 14.6 Å². The minimum absolute atomic E-state index is 0.0636. The number of aryl methyl sites for hydroxylation is 1. The van der Waals surface area contributed by atoms with Gasteiger partial charge in [-0.2, -0.15) is 13.2 Å². The van der Waals surface area contributed by atoms with Crippen LogP contribution in [0.3, 0.4) is 0 Å². The average Bonchev–Trinajstić information content (AvgIpc) is 2.89. The molecule has 0 aliphatic rings. The van der Waals surface area contributed by atoms with Crippen molar-refractivity contribution in [2.24, 2.45) is 7.05 Å². The molecule has 0 bridgehead atoms. The van der Waals surface area contributed by atoms with E-state index in [4.69, 9.17) is 0 Å². The zero-order valence-corrected chi connectivity index (χ0v) is 14.9. The van der Waals surface area contributed by atoms with Gasteiger partial charge >= 0.3 is 6.18 Å². The third-order valence-electron chi connectivity index (χ3n) is 3.80. The minimum Gasteiger partial charge on any atom is -0.351 e. The van der Waals surface area contributed by atoms with Crippen LogP contribution >= 0.6 is 0 Å². The summed E-state index contributed by atoms with van der Waals surface area (Å²) in [5.41, 5.74) is 1.69. The Hall–Kier alpha value is -2.33. The largest absolute Gasteiger partial charge is 0.405 e. The van der Waals surface area contributed by atoms with E-state index < -0.39 is 28.7 Å². The molecule has 1 aromatic carbocycles. The summed E-state index contributed by atoms with van der Waals surface area (Å²) in [5, 5.41) is 1.72. The first-order valence-electron chi connectivity index (χ1n) is 7.55. The second kappa shape index (κ2) is 7.50. The monoisotopic (exact) mass is 389 g/mol. The van der Waals surface area contributed by atoms with E-state index in [1.807, 2.05) is 24.6 Å². The number of nitrogens with one attached hydrogen (secondary N) is 2. The zero-order valence-electron chi connectivity index (χ0n) is 14.1. The second-order valence-electron chi connectivity index (χ2n) is 5.67. The van der Waals surface area contributed by atoms with Crippen molar-refractivity contribution < 1.29 is 26.4 Å². The third kappa shape index (κ3) is 5.09. The Kier molecular flexibility index (Phi) is 5.77. The van der Waals surface area contributed by atoms with Crippen LogP contribution < -0.4 is 10.0 Å². The van der Waals surface area contributed by atoms with Gasteiger partial charge < -0.3 is 9.88 Å². The maximum atomic E-state index is 12.3. The molecule has 2 N–H and O–H groups in total. The van der Waals surface area contributed by atoms with Gasteiger partial charge in [0, 0.05) is 24.0 Å². The molecule has 0 fully saturated rings. The van der Waals surface area contributed by atoms with Crippen molar-refractivity contribution in [2.75, 3.05) is 6.54 Å².